The Kier molecular flexibility index (Phi) is 5.93. The van der Waals surface area contributed by atoms with Gasteiger partial charge in [-0.15, -0.1) is 12.4 Å². The van der Waals surface area contributed by atoms with E-state index in [4.69, 9.17) is 0 Å². The van der Waals surface area contributed by atoms with Crippen molar-refractivity contribution in [3.8, 4) is 0 Å². The molecule has 2 heterocycles. The number of hydrogen-bond acceptors (Lipinski definition) is 2. The van der Waals surface area contributed by atoms with Gasteiger partial charge in [-0.2, -0.15) is 0 Å². The molecule has 0 bridgehead atoms. The maximum Gasteiger partial charge on any atom is 0.225 e. The summed E-state index contributed by atoms with van der Waals surface area (Å²) in [6.07, 6.45) is 2.38. The lowest BCUT2D eigenvalue weighted by Crippen LogP contribution is -2.38. The minimum absolute atomic E-state index is 0. The Balaban J connectivity index is 0.00000162. The number of nitrogens with zero attached hydrogens (tertiary/aromatic N) is 1. The number of carbonyl (C=O) groups excluding carboxylic acids is 1. The summed E-state index contributed by atoms with van der Waals surface area (Å²) in [7, 11) is 0. The molecule has 3 atom stereocenters. The average Bonchev–Trinajstić information content (AvgIpc) is 2.66. The second-order valence-corrected chi connectivity index (χ2v) is 6.11. The van der Waals surface area contributed by atoms with Crippen molar-refractivity contribution in [2.45, 2.75) is 33.6 Å². The molecule has 2 rings (SSSR count). The van der Waals surface area contributed by atoms with Crippen molar-refractivity contribution in [3.63, 3.8) is 0 Å². The van der Waals surface area contributed by atoms with Crippen LogP contribution in [0.25, 0.3) is 0 Å². The third kappa shape index (κ3) is 3.39. The van der Waals surface area contributed by atoms with E-state index in [1.807, 2.05) is 0 Å². The van der Waals surface area contributed by atoms with Gasteiger partial charge in [0.05, 0.1) is 0 Å². The summed E-state index contributed by atoms with van der Waals surface area (Å²) >= 11 is 0. The molecule has 0 aromatic carbocycles. The lowest BCUT2D eigenvalue weighted by Gasteiger charge is -2.26. The molecular weight excluding hydrogens is 248 g/mol. The van der Waals surface area contributed by atoms with E-state index >= 15 is 0 Å². The van der Waals surface area contributed by atoms with E-state index in [1.165, 1.54) is 12.8 Å². The summed E-state index contributed by atoms with van der Waals surface area (Å²) in [4.78, 5) is 14.4. The van der Waals surface area contributed by atoms with Crippen LogP contribution >= 0.6 is 12.4 Å². The van der Waals surface area contributed by atoms with Crippen molar-refractivity contribution < 1.29 is 4.79 Å². The first kappa shape index (κ1) is 15.8. The predicted octanol–water partition coefficient (Wildman–Crippen LogP) is 2.16. The first-order valence-electron chi connectivity index (χ1n) is 7.09. The summed E-state index contributed by atoms with van der Waals surface area (Å²) in [6, 6.07) is 0. The number of nitrogens with one attached hydrogen (secondary N) is 1. The fourth-order valence-corrected chi connectivity index (χ4v) is 3.01. The van der Waals surface area contributed by atoms with Crippen LogP contribution in [-0.4, -0.2) is 37.0 Å². The Labute approximate surface area is 117 Å². The average molecular weight is 275 g/mol. The van der Waals surface area contributed by atoms with E-state index in [0.29, 0.717) is 11.8 Å². The lowest BCUT2D eigenvalue weighted by atomic mass is 9.92. The zero-order chi connectivity index (χ0) is 12.4. The van der Waals surface area contributed by atoms with E-state index in [1.54, 1.807) is 0 Å². The number of likely N-dealkylation sites (tertiary alicyclic amines) is 1. The van der Waals surface area contributed by atoms with Gasteiger partial charge in [0.2, 0.25) is 5.91 Å². The fraction of sp³-hybridized carbons (Fsp3) is 0.929. The third-order valence-electron chi connectivity index (χ3n) is 4.72. The van der Waals surface area contributed by atoms with Gasteiger partial charge >= 0.3 is 0 Å². The molecule has 0 aliphatic carbocycles. The molecule has 2 aliphatic heterocycles. The summed E-state index contributed by atoms with van der Waals surface area (Å²) < 4.78 is 0. The van der Waals surface area contributed by atoms with Gasteiger partial charge in [-0.3, -0.25) is 4.79 Å². The Morgan fingerprint density at radius 2 is 1.61 bits per heavy atom. The summed E-state index contributed by atoms with van der Waals surface area (Å²) in [5, 5.41) is 3.47. The highest BCUT2D eigenvalue weighted by molar-refractivity contribution is 5.85. The number of hydrogen-bond donors (Lipinski definition) is 1. The van der Waals surface area contributed by atoms with Crippen LogP contribution in [0.1, 0.15) is 33.6 Å². The van der Waals surface area contributed by atoms with Crippen molar-refractivity contribution in [2.24, 2.45) is 23.7 Å². The Bertz CT molecular complexity index is 269. The molecule has 0 saturated carbocycles. The molecule has 2 fully saturated rings. The number of carbonyl (C=O) groups is 1. The highest BCUT2D eigenvalue weighted by Gasteiger charge is 2.32. The molecule has 1 unspecified atom stereocenters. The van der Waals surface area contributed by atoms with E-state index in [2.05, 4.69) is 31.0 Å². The van der Waals surface area contributed by atoms with Crippen molar-refractivity contribution in [2.75, 3.05) is 26.2 Å². The summed E-state index contributed by atoms with van der Waals surface area (Å²) in [5.41, 5.74) is 0. The normalized spacial score (nSPS) is 29.4. The number of amides is 1. The van der Waals surface area contributed by atoms with Crippen molar-refractivity contribution in [1.29, 1.82) is 0 Å². The van der Waals surface area contributed by atoms with E-state index < -0.39 is 0 Å². The lowest BCUT2D eigenvalue weighted by molar-refractivity contribution is -0.136. The SMILES string of the molecule is CC(C)C(C)C(=O)N1CC[C@@H]2CNC[C@@H]2CC1.Cl. The first-order valence-corrected chi connectivity index (χ1v) is 7.09. The molecule has 2 saturated heterocycles. The maximum atomic E-state index is 12.3. The Morgan fingerprint density at radius 3 is 2.06 bits per heavy atom. The minimum atomic E-state index is 0. The second kappa shape index (κ2) is 6.76. The maximum absolute atomic E-state index is 12.3. The standard InChI is InChI=1S/C14H26N2O.ClH/c1-10(2)11(3)14(17)16-6-4-12-8-15-9-13(12)5-7-16;/h10-13,15H,4-9H2,1-3H3;1H/t11?,12-,13+;. The number of rotatable bonds is 2. The number of halogens is 1. The predicted molar refractivity (Wildman–Crippen MR) is 76.9 cm³/mol. The van der Waals surface area contributed by atoms with Crippen LogP contribution in [0.3, 0.4) is 0 Å². The van der Waals surface area contributed by atoms with Gasteiger partial charge in [-0.1, -0.05) is 20.8 Å². The largest absolute Gasteiger partial charge is 0.342 e. The molecule has 2 aliphatic rings. The molecule has 3 nitrogen and oxygen atoms in total. The van der Waals surface area contributed by atoms with Crippen LogP contribution in [0.5, 0.6) is 0 Å². The zero-order valence-corrected chi connectivity index (χ0v) is 12.6. The molecule has 0 aromatic heterocycles. The molecular formula is C14H27ClN2O. The third-order valence-corrected chi connectivity index (χ3v) is 4.72. The van der Waals surface area contributed by atoms with Crippen LogP contribution in [-0.2, 0) is 4.79 Å². The highest BCUT2D eigenvalue weighted by atomic mass is 35.5. The first-order chi connectivity index (χ1) is 8.09. The molecule has 106 valence electrons. The second-order valence-electron chi connectivity index (χ2n) is 6.11. The van der Waals surface area contributed by atoms with Crippen LogP contribution in [0, 0.1) is 23.7 Å². The van der Waals surface area contributed by atoms with Crippen LogP contribution < -0.4 is 5.32 Å². The summed E-state index contributed by atoms with van der Waals surface area (Å²) in [6.45, 7) is 10.6. The van der Waals surface area contributed by atoms with Gasteiger partial charge in [0.1, 0.15) is 0 Å². The molecule has 1 amide bonds. The van der Waals surface area contributed by atoms with E-state index in [-0.39, 0.29) is 18.3 Å². The molecule has 0 aromatic rings. The van der Waals surface area contributed by atoms with Gasteiger partial charge in [0.25, 0.3) is 0 Å². The van der Waals surface area contributed by atoms with Crippen LogP contribution in [0.2, 0.25) is 0 Å². The zero-order valence-electron chi connectivity index (χ0n) is 11.8. The van der Waals surface area contributed by atoms with Gasteiger partial charge < -0.3 is 10.2 Å². The van der Waals surface area contributed by atoms with Crippen molar-refractivity contribution in [3.05, 3.63) is 0 Å². The topological polar surface area (TPSA) is 32.3 Å². The quantitative estimate of drug-likeness (QED) is 0.837. The monoisotopic (exact) mass is 274 g/mol. The van der Waals surface area contributed by atoms with Gasteiger partial charge in [-0.05, 0) is 43.7 Å². The van der Waals surface area contributed by atoms with Crippen LogP contribution in [0.4, 0.5) is 0 Å². The van der Waals surface area contributed by atoms with E-state index in [0.717, 1.165) is 38.0 Å². The van der Waals surface area contributed by atoms with Crippen molar-refractivity contribution >= 4 is 18.3 Å². The Morgan fingerprint density at radius 1 is 1.11 bits per heavy atom. The molecule has 0 spiro atoms. The van der Waals surface area contributed by atoms with Gasteiger partial charge in [0.15, 0.2) is 0 Å². The smallest absolute Gasteiger partial charge is 0.225 e. The molecule has 4 heteroatoms. The highest BCUT2D eigenvalue weighted by Crippen LogP contribution is 2.28. The van der Waals surface area contributed by atoms with E-state index in [9.17, 15) is 4.79 Å². The molecule has 1 N–H and O–H groups in total. The van der Waals surface area contributed by atoms with Gasteiger partial charge in [-0.25, -0.2) is 0 Å². The molecule has 0 radical (unpaired) electrons. The summed E-state index contributed by atoms with van der Waals surface area (Å²) in [5.74, 6) is 2.61. The Hall–Kier alpha value is -0.280. The van der Waals surface area contributed by atoms with Crippen LogP contribution in [0.15, 0.2) is 0 Å². The molecule has 18 heavy (non-hydrogen) atoms. The number of fused-ring (bicyclic) bond motifs is 1. The van der Waals surface area contributed by atoms with Crippen molar-refractivity contribution in [1.82, 2.24) is 10.2 Å². The minimum Gasteiger partial charge on any atom is -0.342 e. The fourth-order valence-electron chi connectivity index (χ4n) is 3.01. The van der Waals surface area contributed by atoms with Gasteiger partial charge in [0, 0.05) is 19.0 Å².